The van der Waals surface area contributed by atoms with Gasteiger partial charge in [-0.2, -0.15) is 0 Å². The third-order valence-electron chi connectivity index (χ3n) is 3.83. The predicted molar refractivity (Wildman–Crippen MR) is 96.0 cm³/mol. The molecule has 0 amide bonds. The molecule has 4 aromatic rings. The molecule has 0 bridgehead atoms. The standard InChI is InChI=1S/C20H17N3O/c1-13(2)24-20-16-11-7-6-10-15(16)19-18(21-20)12-17(22-23-19)14-8-4-3-5-9-14/h3-13H,1-2H3. The molecular weight excluding hydrogens is 298 g/mol. The number of hydrogen-bond acceptors (Lipinski definition) is 4. The summed E-state index contributed by atoms with van der Waals surface area (Å²) in [5.41, 5.74) is 3.41. The first-order chi connectivity index (χ1) is 11.7. The molecule has 4 rings (SSSR count). The van der Waals surface area contributed by atoms with Crippen LogP contribution in [-0.2, 0) is 0 Å². The van der Waals surface area contributed by atoms with Crippen molar-refractivity contribution in [2.45, 2.75) is 20.0 Å². The summed E-state index contributed by atoms with van der Waals surface area (Å²) in [5, 5.41) is 10.8. The Bertz CT molecular complexity index is 1010. The van der Waals surface area contributed by atoms with Gasteiger partial charge in [-0.15, -0.1) is 10.2 Å². The minimum atomic E-state index is 0.0572. The van der Waals surface area contributed by atoms with Crippen LogP contribution >= 0.6 is 0 Å². The van der Waals surface area contributed by atoms with Crippen molar-refractivity contribution in [2.75, 3.05) is 0 Å². The largest absolute Gasteiger partial charge is 0.474 e. The molecule has 0 spiro atoms. The molecule has 0 aliphatic rings. The van der Waals surface area contributed by atoms with Gasteiger partial charge in [0, 0.05) is 16.3 Å². The molecular formula is C20H17N3O. The Morgan fingerprint density at radius 1 is 0.833 bits per heavy atom. The van der Waals surface area contributed by atoms with Crippen molar-refractivity contribution < 1.29 is 4.74 Å². The first-order valence-corrected chi connectivity index (χ1v) is 8.00. The van der Waals surface area contributed by atoms with Crippen LogP contribution in [0.5, 0.6) is 5.88 Å². The summed E-state index contributed by atoms with van der Waals surface area (Å²) in [6.45, 7) is 4.00. The van der Waals surface area contributed by atoms with E-state index in [9.17, 15) is 0 Å². The molecule has 24 heavy (non-hydrogen) atoms. The molecule has 2 aromatic carbocycles. The van der Waals surface area contributed by atoms with E-state index in [1.54, 1.807) is 0 Å². The first-order valence-electron chi connectivity index (χ1n) is 8.00. The number of hydrogen-bond donors (Lipinski definition) is 0. The normalized spacial score (nSPS) is 11.3. The van der Waals surface area contributed by atoms with E-state index in [1.807, 2.05) is 74.5 Å². The monoisotopic (exact) mass is 315 g/mol. The van der Waals surface area contributed by atoms with E-state index >= 15 is 0 Å². The van der Waals surface area contributed by atoms with Gasteiger partial charge in [0.25, 0.3) is 0 Å². The van der Waals surface area contributed by atoms with E-state index in [0.29, 0.717) is 5.88 Å². The number of pyridine rings is 1. The fraction of sp³-hybridized carbons (Fsp3) is 0.150. The van der Waals surface area contributed by atoms with Crippen molar-refractivity contribution in [2.24, 2.45) is 0 Å². The Hall–Kier alpha value is -3.01. The van der Waals surface area contributed by atoms with Gasteiger partial charge in [-0.25, -0.2) is 4.98 Å². The second-order valence-corrected chi connectivity index (χ2v) is 5.96. The van der Waals surface area contributed by atoms with Crippen molar-refractivity contribution in [1.82, 2.24) is 15.2 Å². The lowest BCUT2D eigenvalue weighted by Crippen LogP contribution is -2.07. The minimum Gasteiger partial charge on any atom is -0.474 e. The average Bonchev–Trinajstić information content (AvgIpc) is 2.62. The van der Waals surface area contributed by atoms with Crippen molar-refractivity contribution in [3.63, 3.8) is 0 Å². The molecule has 0 unspecified atom stereocenters. The lowest BCUT2D eigenvalue weighted by molar-refractivity contribution is 0.237. The van der Waals surface area contributed by atoms with Crippen molar-refractivity contribution in [3.8, 4) is 17.1 Å². The molecule has 0 N–H and O–H groups in total. The highest BCUT2D eigenvalue weighted by Gasteiger charge is 2.13. The summed E-state index contributed by atoms with van der Waals surface area (Å²) in [7, 11) is 0. The predicted octanol–water partition coefficient (Wildman–Crippen LogP) is 4.63. The van der Waals surface area contributed by atoms with E-state index in [4.69, 9.17) is 9.72 Å². The second kappa shape index (κ2) is 5.89. The van der Waals surface area contributed by atoms with Gasteiger partial charge in [0.1, 0.15) is 5.52 Å². The number of nitrogens with zero attached hydrogens (tertiary/aromatic N) is 3. The molecule has 0 saturated carbocycles. The second-order valence-electron chi connectivity index (χ2n) is 5.96. The summed E-state index contributed by atoms with van der Waals surface area (Å²) in [4.78, 5) is 4.70. The molecule has 4 nitrogen and oxygen atoms in total. The van der Waals surface area contributed by atoms with Crippen molar-refractivity contribution in [1.29, 1.82) is 0 Å². The maximum absolute atomic E-state index is 5.92. The zero-order chi connectivity index (χ0) is 16.5. The minimum absolute atomic E-state index is 0.0572. The van der Waals surface area contributed by atoms with Crippen LogP contribution in [0, 0.1) is 0 Å². The fourth-order valence-electron chi connectivity index (χ4n) is 2.77. The molecule has 0 radical (unpaired) electrons. The number of ether oxygens (including phenoxy) is 1. The molecule has 0 atom stereocenters. The molecule has 2 aromatic heterocycles. The van der Waals surface area contributed by atoms with Gasteiger partial charge < -0.3 is 4.74 Å². The zero-order valence-corrected chi connectivity index (χ0v) is 13.6. The Morgan fingerprint density at radius 3 is 2.29 bits per heavy atom. The summed E-state index contributed by atoms with van der Waals surface area (Å²) in [6.07, 6.45) is 0.0572. The van der Waals surface area contributed by atoms with Crippen LogP contribution in [0.3, 0.4) is 0 Å². The summed E-state index contributed by atoms with van der Waals surface area (Å²) in [5.74, 6) is 0.639. The molecule has 0 aliphatic carbocycles. The maximum Gasteiger partial charge on any atom is 0.222 e. The molecule has 118 valence electrons. The van der Waals surface area contributed by atoms with E-state index < -0.39 is 0 Å². The van der Waals surface area contributed by atoms with E-state index in [2.05, 4.69) is 10.2 Å². The highest BCUT2D eigenvalue weighted by Crippen LogP contribution is 2.31. The van der Waals surface area contributed by atoms with Crippen molar-refractivity contribution >= 4 is 21.8 Å². The van der Waals surface area contributed by atoms with Gasteiger partial charge in [-0.1, -0.05) is 48.5 Å². The average molecular weight is 315 g/mol. The van der Waals surface area contributed by atoms with Gasteiger partial charge in [0.2, 0.25) is 5.88 Å². The van der Waals surface area contributed by atoms with Crippen LogP contribution in [-0.4, -0.2) is 21.3 Å². The quantitative estimate of drug-likeness (QED) is 0.517. The van der Waals surface area contributed by atoms with Crippen molar-refractivity contribution in [3.05, 3.63) is 60.7 Å². The molecule has 4 heteroatoms. The van der Waals surface area contributed by atoms with Gasteiger partial charge in [0.05, 0.1) is 17.3 Å². The summed E-state index contributed by atoms with van der Waals surface area (Å²) >= 11 is 0. The first kappa shape index (κ1) is 14.6. The Kier molecular flexibility index (Phi) is 3.58. The van der Waals surface area contributed by atoms with Crippen LogP contribution in [0.4, 0.5) is 0 Å². The number of rotatable bonds is 3. The lowest BCUT2D eigenvalue weighted by Gasteiger charge is -2.13. The number of aromatic nitrogens is 3. The molecule has 0 aliphatic heterocycles. The number of fused-ring (bicyclic) bond motifs is 3. The van der Waals surface area contributed by atoms with Crippen LogP contribution in [0.2, 0.25) is 0 Å². The smallest absolute Gasteiger partial charge is 0.222 e. The van der Waals surface area contributed by atoms with Gasteiger partial charge >= 0.3 is 0 Å². The highest BCUT2D eigenvalue weighted by molar-refractivity contribution is 6.05. The third-order valence-corrected chi connectivity index (χ3v) is 3.83. The SMILES string of the molecule is CC(C)Oc1nc2cc(-c3ccccc3)nnc2c2ccccc12. The molecule has 0 fully saturated rings. The topological polar surface area (TPSA) is 47.9 Å². The Labute approximate surface area is 140 Å². The van der Waals surface area contributed by atoms with Crippen LogP contribution < -0.4 is 4.74 Å². The van der Waals surface area contributed by atoms with Crippen LogP contribution in [0.25, 0.3) is 33.1 Å². The number of benzene rings is 2. The van der Waals surface area contributed by atoms with E-state index in [0.717, 1.165) is 33.1 Å². The summed E-state index contributed by atoms with van der Waals surface area (Å²) in [6, 6.07) is 20.0. The Morgan fingerprint density at radius 2 is 1.54 bits per heavy atom. The van der Waals surface area contributed by atoms with Gasteiger partial charge in [-0.05, 0) is 26.0 Å². The maximum atomic E-state index is 5.92. The van der Waals surface area contributed by atoms with Crippen LogP contribution in [0.15, 0.2) is 60.7 Å². The van der Waals surface area contributed by atoms with E-state index in [-0.39, 0.29) is 6.10 Å². The third kappa shape index (κ3) is 2.56. The molecule has 0 saturated heterocycles. The Balaban J connectivity index is 1.98. The molecule has 2 heterocycles. The summed E-state index contributed by atoms with van der Waals surface area (Å²) < 4.78 is 5.92. The zero-order valence-electron chi connectivity index (χ0n) is 13.6. The lowest BCUT2D eigenvalue weighted by atomic mass is 10.1. The fourth-order valence-corrected chi connectivity index (χ4v) is 2.77. The van der Waals surface area contributed by atoms with Gasteiger partial charge in [-0.3, -0.25) is 0 Å². The van der Waals surface area contributed by atoms with Crippen LogP contribution in [0.1, 0.15) is 13.8 Å². The highest BCUT2D eigenvalue weighted by atomic mass is 16.5. The van der Waals surface area contributed by atoms with Gasteiger partial charge in [0.15, 0.2) is 0 Å². The van der Waals surface area contributed by atoms with E-state index in [1.165, 1.54) is 0 Å².